The predicted molar refractivity (Wildman–Crippen MR) is 110 cm³/mol. The molecule has 1 fully saturated rings. The summed E-state index contributed by atoms with van der Waals surface area (Å²) in [5.41, 5.74) is 0.351. The summed E-state index contributed by atoms with van der Waals surface area (Å²) >= 11 is 0. The Morgan fingerprint density at radius 3 is 2.40 bits per heavy atom. The van der Waals surface area contributed by atoms with Gasteiger partial charge in [0, 0.05) is 57.0 Å². The van der Waals surface area contributed by atoms with E-state index in [-0.39, 0.29) is 31.1 Å². The normalized spacial score (nSPS) is 13.7. The highest BCUT2D eigenvalue weighted by Gasteiger charge is 2.21. The fraction of sp³-hybridized carbons (Fsp3) is 0.350. The van der Waals surface area contributed by atoms with E-state index in [1.807, 2.05) is 30.3 Å². The molecule has 2 aromatic rings. The standard InChI is InChI=1S/C20H23N5O5/c26-18(15-24-14-17(25(29)30)6-7-19(24)27)21-9-8-20(28)23-12-10-22(11-13-23)16-4-2-1-3-5-16/h1-7,14H,8-13,15H2,(H,21,26). The summed E-state index contributed by atoms with van der Waals surface area (Å²) in [6.07, 6.45) is 1.18. The largest absolute Gasteiger partial charge is 0.368 e. The molecule has 0 unspecified atom stereocenters. The molecule has 2 heterocycles. The van der Waals surface area contributed by atoms with Crippen molar-refractivity contribution < 1.29 is 14.5 Å². The van der Waals surface area contributed by atoms with E-state index in [1.54, 1.807) is 4.90 Å². The number of amides is 2. The predicted octanol–water partition coefficient (Wildman–Crippen LogP) is 0.612. The first-order valence-corrected chi connectivity index (χ1v) is 9.63. The number of pyridine rings is 1. The lowest BCUT2D eigenvalue weighted by atomic mass is 10.2. The smallest absolute Gasteiger partial charge is 0.285 e. The minimum absolute atomic E-state index is 0.0458. The SMILES string of the molecule is O=C(Cn1cc([N+](=O)[O-])ccc1=O)NCCC(=O)N1CCN(c2ccccc2)CC1. The maximum Gasteiger partial charge on any atom is 0.285 e. The maximum atomic E-state index is 12.4. The first-order valence-electron chi connectivity index (χ1n) is 9.63. The number of para-hydroxylation sites is 1. The number of carbonyl (C=O) groups excluding carboxylic acids is 2. The number of nitrogens with zero attached hydrogens (tertiary/aromatic N) is 4. The molecule has 10 heteroatoms. The number of hydrogen-bond donors (Lipinski definition) is 1. The monoisotopic (exact) mass is 413 g/mol. The van der Waals surface area contributed by atoms with Crippen molar-refractivity contribution in [2.45, 2.75) is 13.0 Å². The van der Waals surface area contributed by atoms with Gasteiger partial charge in [-0.15, -0.1) is 0 Å². The van der Waals surface area contributed by atoms with Gasteiger partial charge in [-0.05, 0) is 12.1 Å². The van der Waals surface area contributed by atoms with Crippen LogP contribution in [0.3, 0.4) is 0 Å². The molecule has 0 aliphatic carbocycles. The second-order valence-corrected chi connectivity index (χ2v) is 6.91. The molecular weight excluding hydrogens is 390 g/mol. The number of aromatic nitrogens is 1. The molecule has 1 N–H and O–H groups in total. The van der Waals surface area contributed by atoms with Gasteiger partial charge in [0.05, 0.1) is 11.1 Å². The molecule has 3 rings (SSSR count). The van der Waals surface area contributed by atoms with Gasteiger partial charge in [-0.25, -0.2) is 0 Å². The molecule has 1 aromatic carbocycles. The zero-order valence-corrected chi connectivity index (χ0v) is 16.4. The Kier molecular flexibility index (Phi) is 6.79. The lowest BCUT2D eigenvalue weighted by Gasteiger charge is -2.36. The van der Waals surface area contributed by atoms with E-state index in [2.05, 4.69) is 10.2 Å². The molecule has 0 atom stereocenters. The van der Waals surface area contributed by atoms with Crippen LogP contribution in [0.2, 0.25) is 0 Å². The van der Waals surface area contributed by atoms with Crippen molar-refractivity contribution in [3.8, 4) is 0 Å². The number of anilines is 1. The summed E-state index contributed by atoms with van der Waals surface area (Å²) in [7, 11) is 0. The third kappa shape index (κ3) is 5.43. The first kappa shape index (κ1) is 21.0. The third-order valence-electron chi connectivity index (χ3n) is 4.91. The zero-order chi connectivity index (χ0) is 21.5. The minimum atomic E-state index is -0.635. The van der Waals surface area contributed by atoms with Gasteiger partial charge in [-0.1, -0.05) is 18.2 Å². The van der Waals surface area contributed by atoms with Crippen molar-refractivity contribution in [2.75, 3.05) is 37.6 Å². The molecule has 1 saturated heterocycles. The summed E-state index contributed by atoms with van der Waals surface area (Å²) in [4.78, 5) is 50.3. The molecule has 10 nitrogen and oxygen atoms in total. The highest BCUT2D eigenvalue weighted by atomic mass is 16.6. The number of carbonyl (C=O) groups is 2. The molecule has 0 saturated carbocycles. The van der Waals surface area contributed by atoms with Crippen molar-refractivity contribution in [1.82, 2.24) is 14.8 Å². The molecule has 0 spiro atoms. The summed E-state index contributed by atoms with van der Waals surface area (Å²) in [5.74, 6) is -0.533. The van der Waals surface area contributed by atoms with Gasteiger partial charge in [-0.2, -0.15) is 0 Å². The second-order valence-electron chi connectivity index (χ2n) is 6.91. The summed E-state index contributed by atoms with van der Waals surface area (Å²) in [6, 6.07) is 12.2. The zero-order valence-electron chi connectivity index (χ0n) is 16.4. The fourth-order valence-corrected chi connectivity index (χ4v) is 3.28. The number of nitro groups is 1. The van der Waals surface area contributed by atoms with E-state index >= 15 is 0 Å². The summed E-state index contributed by atoms with van der Waals surface area (Å²) < 4.78 is 0.970. The second kappa shape index (κ2) is 9.68. The molecule has 30 heavy (non-hydrogen) atoms. The number of hydrogen-bond acceptors (Lipinski definition) is 6. The Morgan fingerprint density at radius 2 is 1.73 bits per heavy atom. The third-order valence-corrected chi connectivity index (χ3v) is 4.91. The van der Waals surface area contributed by atoms with Gasteiger partial charge < -0.3 is 15.1 Å². The Balaban J connectivity index is 1.42. The van der Waals surface area contributed by atoms with Crippen LogP contribution in [-0.2, 0) is 16.1 Å². The van der Waals surface area contributed by atoms with E-state index in [0.29, 0.717) is 13.1 Å². The van der Waals surface area contributed by atoms with E-state index in [1.165, 1.54) is 0 Å². The Bertz CT molecular complexity index is 967. The number of benzene rings is 1. The highest BCUT2D eigenvalue weighted by Crippen LogP contribution is 2.15. The summed E-state index contributed by atoms with van der Waals surface area (Å²) in [5, 5.41) is 13.4. The molecule has 158 valence electrons. The highest BCUT2D eigenvalue weighted by molar-refractivity contribution is 5.79. The van der Waals surface area contributed by atoms with Gasteiger partial charge in [0.2, 0.25) is 11.8 Å². The van der Waals surface area contributed by atoms with Crippen molar-refractivity contribution in [2.24, 2.45) is 0 Å². The molecule has 2 amide bonds. The Labute approximate surface area is 172 Å². The van der Waals surface area contributed by atoms with Crippen molar-refractivity contribution >= 4 is 23.2 Å². The van der Waals surface area contributed by atoms with E-state index in [9.17, 15) is 24.5 Å². The maximum absolute atomic E-state index is 12.4. The van der Waals surface area contributed by atoms with Crippen LogP contribution in [0, 0.1) is 10.1 Å². The van der Waals surface area contributed by atoms with Gasteiger partial charge in [0.15, 0.2) is 0 Å². The first-order chi connectivity index (χ1) is 14.4. The average molecular weight is 413 g/mol. The van der Waals surface area contributed by atoms with Crippen LogP contribution in [0.1, 0.15) is 6.42 Å². The molecule has 0 radical (unpaired) electrons. The van der Waals surface area contributed by atoms with Gasteiger partial charge in [0.1, 0.15) is 6.54 Å². The average Bonchev–Trinajstić information content (AvgIpc) is 2.75. The van der Waals surface area contributed by atoms with E-state index < -0.39 is 16.4 Å². The van der Waals surface area contributed by atoms with Crippen molar-refractivity contribution in [1.29, 1.82) is 0 Å². The minimum Gasteiger partial charge on any atom is -0.368 e. The van der Waals surface area contributed by atoms with Gasteiger partial charge in [0.25, 0.3) is 11.2 Å². The Morgan fingerprint density at radius 1 is 1.03 bits per heavy atom. The summed E-state index contributed by atoms with van der Waals surface area (Å²) in [6.45, 7) is 2.52. The number of piperazine rings is 1. The van der Waals surface area contributed by atoms with Gasteiger partial charge in [-0.3, -0.25) is 29.1 Å². The van der Waals surface area contributed by atoms with Crippen LogP contribution in [0.15, 0.2) is 53.5 Å². The van der Waals surface area contributed by atoms with Crippen LogP contribution >= 0.6 is 0 Å². The molecule has 1 aromatic heterocycles. The van der Waals surface area contributed by atoms with Crippen molar-refractivity contribution in [3.05, 3.63) is 69.1 Å². The topological polar surface area (TPSA) is 118 Å². The van der Waals surface area contributed by atoms with Gasteiger partial charge >= 0.3 is 0 Å². The van der Waals surface area contributed by atoms with Crippen LogP contribution in [0.25, 0.3) is 0 Å². The van der Waals surface area contributed by atoms with Crippen LogP contribution < -0.4 is 15.8 Å². The lowest BCUT2D eigenvalue weighted by Crippen LogP contribution is -2.49. The van der Waals surface area contributed by atoms with E-state index in [0.717, 1.165) is 41.7 Å². The fourth-order valence-electron chi connectivity index (χ4n) is 3.28. The van der Waals surface area contributed by atoms with Crippen LogP contribution in [0.4, 0.5) is 11.4 Å². The molecule has 0 bridgehead atoms. The quantitative estimate of drug-likeness (QED) is 0.525. The molecular formula is C20H23N5O5. The number of rotatable bonds is 7. The van der Waals surface area contributed by atoms with Crippen LogP contribution in [-0.4, -0.2) is 58.9 Å². The Hall–Kier alpha value is -3.69. The molecule has 1 aliphatic heterocycles. The van der Waals surface area contributed by atoms with E-state index in [4.69, 9.17) is 0 Å². The molecule has 1 aliphatic rings. The van der Waals surface area contributed by atoms with Crippen molar-refractivity contribution in [3.63, 3.8) is 0 Å². The number of nitrogens with one attached hydrogen (secondary N) is 1. The van der Waals surface area contributed by atoms with Crippen LogP contribution in [0.5, 0.6) is 0 Å². The lowest BCUT2D eigenvalue weighted by molar-refractivity contribution is -0.385.